The van der Waals surface area contributed by atoms with Crippen molar-refractivity contribution in [3.63, 3.8) is 0 Å². The van der Waals surface area contributed by atoms with E-state index in [1.54, 1.807) is 13.0 Å². The van der Waals surface area contributed by atoms with Gasteiger partial charge in [0.1, 0.15) is 0 Å². The molecule has 2 N–H and O–H groups in total. The van der Waals surface area contributed by atoms with Crippen LogP contribution in [-0.2, 0) is 4.79 Å². The fraction of sp³-hybridized carbons (Fsp3) is 0.222. The van der Waals surface area contributed by atoms with E-state index in [0.717, 1.165) is 0 Å². The molecule has 0 radical (unpaired) electrons. The molecule has 2 aromatic carbocycles. The molecule has 0 aliphatic carbocycles. The van der Waals surface area contributed by atoms with E-state index in [2.05, 4.69) is 10.9 Å². The van der Waals surface area contributed by atoms with Crippen molar-refractivity contribution < 1.29 is 24.0 Å². The van der Waals surface area contributed by atoms with Crippen molar-refractivity contribution in [2.24, 2.45) is 0 Å². The van der Waals surface area contributed by atoms with Crippen LogP contribution in [0.3, 0.4) is 0 Å². The van der Waals surface area contributed by atoms with Gasteiger partial charge in [-0.3, -0.25) is 30.6 Å². The van der Waals surface area contributed by atoms with E-state index in [-0.39, 0.29) is 11.3 Å². The molecule has 0 saturated heterocycles. The van der Waals surface area contributed by atoms with E-state index in [1.165, 1.54) is 50.6 Å². The van der Waals surface area contributed by atoms with Crippen LogP contribution in [0.5, 0.6) is 11.5 Å². The van der Waals surface area contributed by atoms with Gasteiger partial charge in [-0.25, -0.2) is 0 Å². The predicted molar refractivity (Wildman–Crippen MR) is 96.7 cm³/mol. The monoisotopic (exact) mass is 373 g/mol. The molecule has 0 bridgehead atoms. The minimum absolute atomic E-state index is 0.0619. The quantitative estimate of drug-likeness (QED) is 0.591. The summed E-state index contributed by atoms with van der Waals surface area (Å²) in [6.07, 6.45) is 0. The standard InChI is InChI=1S/C18H19N3O6/c1-11(12-4-7-14(8-5-12)21(24)25)17(22)19-20-18(23)13-6-9-15(26-2)16(10-13)27-3/h4-11H,1-3H3,(H,19,22)(H,20,23). The summed E-state index contributed by atoms with van der Waals surface area (Å²) in [6.45, 7) is 1.62. The molecule has 2 rings (SSSR count). The maximum Gasteiger partial charge on any atom is 0.269 e. The van der Waals surface area contributed by atoms with Gasteiger partial charge in [-0.05, 0) is 30.7 Å². The van der Waals surface area contributed by atoms with Crippen LogP contribution in [0.4, 0.5) is 5.69 Å². The summed E-state index contributed by atoms with van der Waals surface area (Å²) in [4.78, 5) is 34.6. The molecule has 0 fully saturated rings. The Morgan fingerprint density at radius 3 is 2.19 bits per heavy atom. The van der Waals surface area contributed by atoms with Crippen molar-refractivity contribution in [1.29, 1.82) is 0 Å². The maximum atomic E-state index is 12.2. The number of hydrazine groups is 1. The highest BCUT2D eigenvalue weighted by Gasteiger charge is 2.18. The molecule has 0 heterocycles. The zero-order chi connectivity index (χ0) is 20.0. The van der Waals surface area contributed by atoms with Gasteiger partial charge in [0.25, 0.3) is 11.6 Å². The normalized spacial score (nSPS) is 11.2. The third-order valence-electron chi connectivity index (χ3n) is 3.94. The van der Waals surface area contributed by atoms with Crippen LogP contribution in [-0.4, -0.2) is 31.0 Å². The number of rotatable bonds is 6. The predicted octanol–water partition coefficient (Wildman–Crippen LogP) is 2.18. The molecule has 0 aliphatic heterocycles. The Morgan fingerprint density at radius 1 is 1.00 bits per heavy atom. The third kappa shape index (κ3) is 4.72. The van der Waals surface area contributed by atoms with Gasteiger partial charge in [0, 0.05) is 17.7 Å². The molecule has 0 saturated carbocycles. The van der Waals surface area contributed by atoms with Crippen molar-refractivity contribution in [3.05, 3.63) is 63.7 Å². The summed E-state index contributed by atoms with van der Waals surface area (Å²) < 4.78 is 10.2. The zero-order valence-electron chi connectivity index (χ0n) is 15.0. The average molecular weight is 373 g/mol. The van der Waals surface area contributed by atoms with E-state index in [4.69, 9.17) is 9.47 Å². The number of amides is 2. The fourth-order valence-electron chi connectivity index (χ4n) is 2.31. The summed E-state index contributed by atoms with van der Waals surface area (Å²) >= 11 is 0. The van der Waals surface area contributed by atoms with Gasteiger partial charge in [0.05, 0.1) is 25.1 Å². The highest BCUT2D eigenvalue weighted by molar-refractivity contribution is 5.96. The van der Waals surface area contributed by atoms with Gasteiger partial charge < -0.3 is 9.47 Å². The SMILES string of the molecule is COc1ccc(C(=O)NNC(=O)C(C)c2ccc([N+](=O)[O-])cc2)cc1OC. The Balaban J connectivity index is 1.99. The second-order valence-corrected chi connectivity index (χ2v) is 5.58. The highest BCUT2D eigenvalue weighted by Crippen LogP contribution is 2.27. The molecule has 9 nitrogen and oxygen atoms in total. The molecule has 27 heavy (non-hydrogen) atoms. The van der Waals surface area contributed by atoms with Gasteiger partial charge in [0.15, 0.2) is 11.5 Å². The summed E-state index contributed by atoms with van der Waals surface area (Å²) in [6, 6.07) is 10.2. The lowest BCUT2D eigenvalue weighted by molar-refractivity contribution is -0.384. The fourth-order valence-corrected chi connectivity index (χ4v) is 2.31. The average Bonchev–Trinajstić information content (AvgIpc) is 2.70. The number of nitro benzene ring substituents is 1. The Bertz CT molecular complexity index is 851. The summed E-state index contributed by atoms with van der Waals surface area (Å²) in [5.41, 5.74) is 5.46. The first-order valence-corrected chi connectivity index (χ1v) is 7.94. The Kier molecular flexibility index (Phi) is 6.32. The van der Waals surface area contributed by atoms with Gasteiger partial charge in [-0.2, -0.15) is 0 Å². The Morgan fingerprint density at radius 2 is 1.63 bits per heavy atom. The lowest BCUT2D eigenvalue weighted by atomic mass is 10.0. The molecule has 0 spiro atoms. The number of hydrogen-bond acceptors (Lipinski definition) is 6. The molecular formula is C18H19N3O6. The van der Waals surface area contributed by atoms with Crippen molar-refractivity contribution in [3.8, 4) is 11.5 Å². The number of hydrogen-bond donors (Lipinski definition) is 2. The third-order valence-corrected chi connectivity index (χ3v) is 3.94. The highest BCUT2D eigenvalue weighted by atomic mass is 16.6. The number of ether oxygens (including phenoxy) is 2. The molecular weight excluding hydrogens is 354 g/mol. The van der Waals surface area contributed by atoms with Crippen molar-refractivity contribution in [2.75, 3.05) is 14.2 Å². The lowest BCUT2D eigenvalue weighted by Crippen LogP contribution is -2.43. The van der Waals surface area contributed by atoms with Crippen LogP contribution in [0.25, 0.3) is 0 Å². The molecule has 2 amide bonds. The van der Waals surface area contributed by atoms with E-state index in [9.17, 15) is 19.7 Å². The molecule has 1 unspecified atom stereocenters. The van der Waals surface area contributed by atoms with Gasteiger partial charge in [-0.15, -0.1) is 0 Å². The van der Waals surface area contributed by atoms with E-state index in [1.807, 2.05) is 0 Å². The smallest absolute Gasteiger partial charge is 0.269 e. The van der Waals surface area contributed by atoms with Crippen LogP contribution >= 0.6 is 0 Å². The van der Waals surface area contributed by atoms with Crippen molar-refractivity contribution in [1.82, 2.24) is 10.9 Å². The Hall–Kier alpha value is -3.62. The number of nitrogens with one attached hydrogen (secondary N) is 2. The second-order valence-electron chi connectivity index (χ2n) is 5.58. The minimum Gasteiger partial charge on any atom is -0.493 e. The largest absolute Gasteiger partial charge is 0.493 e. The van der Waals surface area contributed by atoms with Gasteiger partial charge in [0.2, 0.25) is 5.91 Å². The number of nitro groups is 1. The number of nitrogens with zero attached hydrogens (tertiary/aromatic N) is 1. The van der Waals surface area contributed by atoms with Crippen molar-refractivity contribution in [2.45, 2.75) is 12.8 Å². The molecule has 9 heteroatoms. The summed E-state index contributed by atoms with van der Waals surface area (Å²) in [5.74, 6) is -0.741. The number of benzene rings is 2. The summed E-state index contributed by atoms with van der Waals surface area (Å²) in [7, 11) is 2.94. The first-order valence-electron chi connectivity index (χ1n) is 7.94. The first-order chi connectivity index (χ1) is 12.9. The van der Waals surface area contributed by atoms with Gasteiger partial charge in [-0.1, -0.05) is 12.1 Å². The Labute approximate surface area is 155 Å². The topological polar surface area (TPSA) is 120 Å². The molecule has 142 valence electrons. The van der Waals surface area contributed by atoms with Crippen LogP contribution in [0.1, 0.15) is 28.8 Å². The number of carbonyl (C=O) groups excluding carboxylic acids is 2. The van der Waals surface area contributed by atoms with Crippen molar-refractivity contribution >= 4 is 17.5 Å². The van der Waals surface area contributed by atoms with Crippen LogP contribution in [0.2, 0.25) is 0 Å². The lowest BCUT2D eigenvalue weighted by Gasteiger charge is -2.14. The molecule has 1 atom stereocenters. The molecule has 2 aromatic rings. The van der Waals surface area contributed by atoms with E-state index < -0.39 is 22.7 Å². The molecule has 0 aliphatic rings. The van der Waals surface area contributed by atoms with Crippen LogP contribution < -0.4 is 20.3 Å². The zero-order valence-corrected chi connectivity index (χ0v) is 15.0. The van der Waals surface area contributed by atoms with E-state index in [0.29, 0.717) is 17.1 Å². The number of methoxy groups -OCH3 is 2. The molecule has 0 aromatic heterocycles. The minimum atomic E-state index is -0.614. The van der Waals surface area contributed by atoms with E-state index >= 15 is 0 Å². The van der Waals surface area contributed by atoms with Gasteiger partial charge >= 0.3 is 0 Å². The first kappa shape index (κ1) is 19.7. The number of carbonyl (C=O) groups is 2. The van der Waals surface area contributed by atoms with Crippen LogP contribution in [0, 0.1) is 10.1 Å². The maximum absolute atomic E-state index is 12.2. The summed E-state index contributed by atoms with van der Waals surface area (Å²) in [5, 5.41) is 10.7. The second kappa shape index (κ2) is 8.65. The number of non-ortho nitro benzene ring substituents is 1. The van der Waals surface area contributed by atoms with Crippen LogP contribution in [0.15, 0.2) is 42.5 Å².